The molecule has 0 spiro atoms. The summed E-state index contributed by atoms with van der Waals surface area (Å²) in [5, 5.41) is 5.10. The lowest BCUT2D eigenvalue weighted by molar-refractivity contribution is -0.566. The molecule has 1 heterocycles. The van der Waals surface area contributed by atoms with Gasteiger partial charge < -0.3 is 0 Å². The zero-order valence-corrected chi connectivity index (χ0v) is 17.7. The van der Waals surface area contributed by atoms with Crippen LogP contribution in [0.3, 0.4) is 0 Å². The van der Waals surface area contributed by atoms with Crippen LogP contribution in [0.1, 0.15) is 11.1 Å². The Bertz CT molecular complexity index is 1450. The van der Waals surface area contributed by atoms with Crippen LogP contribution >= 0.6 is 0 Å². The van der Waals surface area contributed by atoms with E-state index in [0.717, 1.165) is 0 Å². The molecule has 0 aliphatic rings. The normalized spacial score (nSPS) is 11.5. The topological polar surface area (TPSA) is 8.81 Å². The predicted octanol–water partition coefficient (Wildman–Crippen LogP) is 6.83. The zero-order chi connectivity index (χ0) is 20.9. The third-order valence-corrected chi connectivity index (χ3v) is 6.22. The van der Waals surface area contributed by atoms with E-state index >= 15 is 0 Å². The van der Waals surface area contributed by atoms with E-state index in [-0.39, 0.29) is 0 Å². The molecule has 1 aromatic heterocycles. The number of aryl methyl sites for hydroxylation is 2. The fourth-order valence-electron chi connectivity index (χ4n) is 4.63. The molecule has 0 radical (unpaired) electrons. The highest BCUT2D eigenvalue weighted by Crippen LogP contribution is 2.35. The molecule has 0 aliphatic carbocycles. The third-order valence-electron chi connectivity index (χ3n) is 6.22. The van der Waals surface area contributed by atoms with E-state index in [1.165, 1.54) is 55.1 Å². The van der Waals surface area contributed by atoms with E-state index in [9.17, 15) is 0 Å². The number of benzene rings is 5. The average Bonchev–Trinajstić information content (AvgIpc) is 3.21. The second kappa shape index (κ2) is 6.82. The van der Waals surface area contributed by atoms with Crippen molar-refractivity contribution in [2.24, 2.45) is 0 Å². The minimum Gasteiger partial charge on any atom is -0.194 e. The second-order valence-corrected chi connectivity index (χ2v) is 8.31. The Balaban J connectivity index is 1.85. The van der Waals surface area contributed by atoms with Crippen molar-refractivity contribution in [3.8, 4) is 11.4 Å². The fraction of sp³-hybridized carbons (Fsp3) is 0.0690. The monoisotopic (exact) mass is 399 g/mol. The highest BCUT2D eigenvalue weighted by Gasteiger charge is 2.24. The van der Waals surface area contributed by atoms with Crippen molar-refractivity contribution in [2.45, 2.75) is 13.8 Å². The van der Waals surface area contributed by atoms with Gasteiger partial charge in [-0.25, -0.2) is 0 Å². The standard InChI is InChI=1S/C29H23N2/c1-20-11-15-22(16-12-20)30-19-31(23-17-13-21(2)14-18-23)29-27-10-6-4-8-25(27)24-7-3-5-9-26(24)28(29)30/h3-19H,1-2H3/q+1. The Labute approximate surface area is 181 Å². The fourth-order valence-corrected chi connectivity index (χ4v) is 4.63. The van der Waals surface area contributed by atoms with Gasteiger partial charge in [0, 0.05) is 10.8 Å². The lowest BCUT2D eigenvalue weighted by Crippen LogP contribution is -2.29. The van der Waals surface area contributed by atoms with Gasteiger partial charge in [-0.2, -0.15) is 9.13 Å². The van der Waals surface area contributed by atoms with Crippen molar-refractivity contribution in [3.63, 3.8) is 0 Å². The van der Waals surface area contributed by atoms with Crippen LogP contribution in [0.2, 0.25) is 0 Å². The van der Waals surface area contributed by atoms with Crippen LogP contribution in [0.4, 0.5) is 0 Å². The molecular weight excluding hydrogens is 376 g/mol. The van der Waals surface area contributed by atoms with Gasteiger partial charge in [-0.1, -0.05) is 71.8 Å². The van der Waals surface area contributed by atoms with Gasteiger partial charge in [-0.15, -0.1) is 0 Å². The largest absolute Gasteiger partial charge is 0.255 e. The zero-order valence-electron chi connectivity index (χ0n) is 17.7. The predicted molar refractivity (Wildman–Crippen MR) is 129 cm³/mol. The van der Waals surface area contributed by atoms with Gasteiger partial charge in [0.15, 0.2) is 11.0 Å². The van der Waals surface area contributed by atoms with Crippen LogP contribution in [0.25, 0.3) is 44.0 Å². The Hall–Kier alpha value is -3.91. The van der Waals surface area contributed by atoms with Crippen LogP contribution in [0.5, 0.6) is 0 Å². The maximum absolute atomic E-state index is 2.34. The summed E-state index contributed by atoms with van der Waals surface area (Å²) in [5.41, 5.74) is 7.34. The van der Waals surface area contributed by atoms with Gasteiger partial charge in [-0.3, -0.25) is 0 Å². The van der Waals surface area contributed by atoms with Gasteiger partial charge in [0.2, 0.25) is 0 Å². The molecule has 0 saturated heterocycles. The first-order valence-corrected chi connectivity index (χ1v) is 10.7. The van der Waals surface area contributed by atoms with Gasteiger partial charge in [0.25, 0.3) is 6.33 Å². The quantitative estimate of drug-likeness (QED) is 0.223. The van der Waals surface area contributed by atoms with Crippen LogP contribution in [-0.4, -0.2) is 4.57 Å². The number of rotatable bonds is 2. The Kier molecular flexibility index (Phi) is 3.94. The number of nitrogens with zero attached hydrogens (tertiary/aromatic N) is 2. The Morgan fingerprint density at radius 1 is 0.548 bits per heavy atom. The number of imidazole rings is 1. The highest BCUT2D eigenvalue weighted by molar-refractivity contribution is 6.22. The molecule has 0 amide bonds. The first-order chi connectivity index (χ1) is 15.2. The molecule has 0 N–H and O–H groups in total. The minimum absolute atomic E-state index is 1.17. The third kappa shape index (κ3) is 2.76. The van der Waals surface area contributed by atoms with E-state index in [0.29, 0.717) is 0 Å². The van der Waals surface area contributed by atoms with E-state index < -0.39 is 0 Å². The molecule has 0 saturated carbocycles. The second-order valence-electron chi connectivity index (χ2n) is 8.31. The first kappa shape index (κ1) is 17.9. The maximum atomic E-state index is 2.34. The molecule has 0 unspecified atom stereocenters. The summed E-state index contributed by atoms with van der Waals surface area (Å²) in [6.07, 6.45) is 2.24. The summed E-state index contributed by atoms with van der Waals surface area (Å²) in [7, 11) is 0. The molecule has 2 heteroatoms. The number of hydrogen-bond donors (Lipinski definition) is 0. The lowest BCUT2D eigenvalue weighted by Gasteiger charge is -2.07. The summed E-state index contributed by atoms with van der Waals surface area (Å²) < 4.78 is 4.67. The van der Waals surface area contributed by atoms with Crippen molar-refractivity contribution in [1.29, 1.82) is 0 Å². The van der Waals surface area contributed by atoms with Crippen LogP contribution in [-0.2, 0) is 0 Å². The Morgan fingerprint density at radius 3 is 1.71 bits per heavy atom. The minimum atomic E-state index is 1.17. The first-order valence-electron chi connectivity index (χ1n) is 10.7. The van der Waals surface area contributed by atoms with Gasteiger partial charge in [-0.05, 0) is 61.0 Å². The number of fused-ring (bicyclic) bond motifs is 6. The van der Waals surface area contributed by atoms with Gasteiger partial charge >= 0.3 is 0 Å². The molecule has 6 aromatic rings. The van der Waals surface area contributed by atoms with Crippen molar-refractivity contribution in [3.05, 3.63) is 115 Å². The molecule has 0 aliphatic heterocycles. The molecule has 2 nitrogen and oxygen atoms in total. The Morgan fingerprint density at radius 2 is 1.06 bits per heavy atom. The molecule has 0 fully saturated rings. The van der Waals surface area contributed by atoms with Crippen molar-refractivity contribution in [1.82, 2.24) is 4.57 Å². The van der Waals surface area contributed by atoms with E-state index in [1.54, 1.807) is 0 Å². The van der Waals surface area contributed by atoms with Crippen LogP contribution in [0, 0.1) is 13.8 Å². The van der Waals surface area contributed by atoms with Crippen LogP contribution in [0.15, 0.2) is 103 Å². The van der Waals surface area contributed by atoms with Crippen molar-refractivity contribution >= 4 is 32.6 Å². The van der Waals surface area contributed by atoms with E-state index in [1.807, 2.05) is 0 Å². The van der Waals surface area contributed by atoms with Crippen LogP contribution < -0.4 is 4.57 Å². The smallest absolute Gasteiger partial charge is 0.194 e. The summed E-state index contributed by atoms with van der Waals surface area (Å²) in [6.45, 7) is 4.26. The highest BCUT2D eigenvalue weighted by atomic mass is 15.1. The van der Waals surface area contributed by atoms with Crippen molar-refractivity contribution < 1.29 is 4.57 Å². The molecule has 6 rings (SSSR count). The summed E-state index contributed by atoms with van der Waals surface area (Å²) in [5.74, 6) is 0. The SMILES string of the molecule is Cc1ccc(-n2c[n+](-c3ccc(C)cc3)c3c4ccccc4c4ccccc4c32)cc1. The molecule has 0 bridgehead atoms. The maximum Gasteiger partial charge on any atom is 0.255 e. The van der Waals surface area contributed by atoms with E-state index in [4.69, 9.17) is 0 Å². The molecular formula is C29H23N2+. The average molecular weight is 400 g/mol. The molecule has 5 aromatic carbocycles. The number of hydrogen-bond acceptors (Lipinski definition) is 0. The molecule has 0 atom stereocenters. The van der Waals surface area contributed by atoms with Crippen molar-refractivity contribution in [2.75, 3.05) is 0 Å². The molecule has 148 valence electrons. The summed E-state index contributed by atoms with van der Waals surface area (Å²) in [6, 6.07) is 35.1. The summed E-state index contributed by atoms with van der Waals surface area (Å²) >= 11 is 0. The van der Waals surface area contributed by atoms with Gasteiger partial charge in [0.05, 0.1) is 0 Å². The van der Waals surface area contributed by atoms with E-state index in [2.05, 4.69) is 126 Å². The summed E-state index contributed by atoms with van der Waals surface area (Å²) in [4.78, 5) is 0. The van der Waals surface area contributed by atoms with Gasteiger partial charge in [0.1, 0.15) is 11.4 Å². The number of aromatic nitrogens is 2. The lowest BCUT2D eigenvalue weighted by atomic mass is 9.99. The molecule has 31 heavy (non-hydrogen) atoms.